The minimum absolute atomic E-state index is 0.0635. The largest absolute Gasteiger partial charge is 0.461 e. The predicted octanol–water partition coefficient (Wildman–Crippen LogP) is 4.55. The lowest BCUT2D eigenvalue weighted by molar-refractivity contribution is -0.384. The number of hydrogen-bond donors (Lipinski definition) is 1. The van der Waals surface area contributed by atoms with Crippen LogP contribution >= 0.6 is 27.3 Å². The van der Waals surface area contributed by atoms with Gasteiger partial charge in [-0.1, -0.05) is 15.9 Å². The van der Waals surface area contributed by atoms with E-state index in [1.54, 1.807) is 36.6 Å². The van der Waals surface area contributed by atoms with Gasteiger partial charge in [-0.2, -0.15) is 9.78 Å². The molecule has 1 N–H and O–H groups in total. The van der Waals surface area contributed by atoms with Crippen LogP contribution in [0.15, 0.2) is 63.2 Å². The van der Waals surface area contributed by atoms with Crippen LogP contribution in [0.5, 0.6) is 0 Å². The maximum absolute atomic E-state index is 13.4. The number of halogens is 1. The van der Waals surface area contributed by atoms with Gasteiger partial charge in [0, 0.05) is 32.9 Å². The lowest BCUT2D eigenvalue weighted by atomic mass is 10.2. The Balaban J connectivity index is 1.82. The van der Waals surface area contributed by atoms with Crippen LogP contribution in [0, 0.1) is 10.1 Å². The SMILES string of the molecule is CCOC(=O)c1nn(-c2ccc(Br)cc2)c(=O)c2c(NC(=O)c3ccc([N+](=O)[O-])cc3)scc12. The number of nitro benzene ring substituents is 1. The van der Waals surface area contributed by atoms with Gasteiger partial charge in [-0.15, -0.1) is 11.3 Å². The first-order valence-corrected chi connectivity index (χ1v) is 11.5. The molecular weight excluding hydrogens is 528 g/mol. The number of esters is 1. The van der Waals surface area contributed by atoms with Crippen LogP contribution in [-0.2, 0) is 4.74 Å². The first kappa shape index (κ1) is 23.3. The molecule has 0 bridgehead atoms. The number of amides is 1. The van der Waals surface area contributed by atoms with Crippen molar-refractivity contribution in [2.45, 2.75) is 6.92 Å². The van der Waals surface area contributed by atoms with Crippen molar-refractivity contribution in [2.24, 2.45) is 0 Å². The van der Waals surface area contributed by atoms with E-state index in [1.807, 2.05) is 0 Å². The summed E-state index contributed by atoms with van der Waals surface area (Å²) in [6.07, 6.45) is 0. The number of hydrogen-bond acceptors (Lipinski definition) is 8. The molecule has 0 fully saturated rings. The van der Waals surface area contributed by atoms with E-state index in [2.05, 4.69) is 26.3 Å². The Morgan fingerprint density at radius 2 is 1.85 bits per heavy atom. The molecule has 0 aliphatic heterocycles. The normalized spacial score (nSPS) is 10.8. The Hall–Kier alpha value is -3.90. The molecule has 2 aromatic heterocycles. The van der Waals surface area contributed by atoms with Crippen molar-refractivity contribution >= 4 is 60.6 Å². The van der Waals surface area contributed by atoms with Crippen LogP contribution in [0.1, 0.15) is 27.8 Å². The van der Waals surface area contributed by atoms with E-state index < -0.39 is 22.4 Å². The van der Waals surface area contributed by atoms with E-state index in [0.29, 0.717) is 5.69 Å². The highest BCUT2D eigenvalue weighted by Gasteiger charge is 2.23. The fourth-order valence-corrected chi connectivity index (χ4v) is 4.36. The number of fused-ring (bicyclic) bond motifs is 1. The molecule has 0 radical (unpaired) electrons. The molecule has 0 unspecified atom stereocenters. The van der Waals surface area contributed by atoms with E-state index in [9.17, 15) is 24.5 Å². The van der Waals surface area contributed by atoms with Crippen molar-refractivity contribution in [3.05, 3.63) is 90.1 Å². The fraction of sp³-hybridized carbons (Fsp3) is 0.0909. The van der Waals surface area contributed by atoms with Crippen molar-refractivity contribution < 1.29 is 19.2 Å². The summed E-state index contributed by atoms with van der Waals surface area (Å²) >= 11 is 4.39. The molecule has 4 aromatic rings. The molecule has 0 saturated heterocycles. The standard InChI is InChI=1S/C22H15BrN4O6S/c1-2-33-22(30)18-16-11-34-20(24-19(28)12-3-7-15(8-4-12)27(31)32)17(16)21(29)26(25-18)14-9-5-13(23)6-10-14/h3-11H,2H2,1H3,(H,24,28). The molecule has 0 aliphatic carbocycles. The Morgan fingerprint density at radius 3 is 2.47 bits per heavy atom. The zero-order valence-electron chi connectivity index (χ0n) is 17.5. The zero-order valence-corrected chi connectivity index (χ0v) is 19.9. The van der Waals surface area contributed by atoms with Gasteiger partial charge < -0.3 is 10.1 Å². The van der Waals surface area contributed by atoms with Crippen LogP contribution in [0.3, 0.4) is 0 Å². The molecule has 12 heteroatoms. The first-order valence-electron chi connectivity index (χ1n) is 9.83. The Kier molecular flexibility index (Phi) is 6.52. The van der Waals surface area contributed by atoms with Crippen molar-refractivity contribution in [2.75, 3.05) is 11.9 Å². The summed E-state index contributed by atoms with van der Waals surface area (Å²) in [6.45, 7) is 1.77. The van der Waals surface area contributed by atoms with Crippen LogP contribution < -0.4 is 10.9 Å². The third-order valence-electron chi connectivity index (χ3n) is 4.76. The molecule has 4 rings (SSSR count). The highest BCUT2D eigenvalue weighted by atomic mass is 79.9. The van der Waals surface area contributed by atoms with Gasteiger partial charge in [0.15, 0.2) is 5.69 Å². The molecule has 0 aliphatic rings. The number of thiophene rings is 1. The minimum Gasteiger partial charge on any atom is -0.461 e. The van der Waals surface area contributed by atoms with Gasteiger partial charge in [0.25, 0.3) is 17.2 Å². The molecule has 2 heterocycles. The van der Waals surface area contributed by atoms with Gasteiger partial charge in [0.2, 0.25) is 0 Å². The van der Waals surface area contributed by atoms with Crippen molar-refractivity contribution in [3.63, 3.8) is 0 Å². The van der Waals surface area contributed by atoms with Crippen LogP contribution in [-0.4, -0.2) is 33.2 Å². The highest BCUT2D eigenvalue weighted by molar-refractivity contribution is 9.10. The number of nitrogens with one attached hydrogen (secondary N) is 1. The fourth-order valence-electron chi connectivity index (χ4n) is 3.16. The van der Waals surface area contributed by atoms with Gasteiger partial charge in [0.05, 0.1) is 22.6 Å². The monoisotopic (exact) mass is 542 g/mol. The number of rotatable bonds is 6. The first-order chi connectivity index (χ1) is 16.3. The number of nitrogens with zero attached hydrogens (tertiary/aromatic N) is 3. The third-order valence-corrected chi connectivity index (χ3v) is 6.18. The zero-order chi connectivity index (χ0) is 24.4. The lowest BCUT2D eigenvalue weighted by Gasteiger charge is -2.10. The summed E-state index contributed by atoms with van der Waals surface area (Å²) < 4.78 is 6.99. The van der Waals surface area contributed by atoms with Crippen molar-refractivity contribution in [1.29, 1.82) is 0 Å². The summed E-state index contributed by atoms with van der Waals surface area (Å²) in [4.78, 5) is 49.0. The molecule has 0 spiro atoms. The average Bonchev–Trinajstić information content (AvgIpc) is 3.24. The average molecular weight is 543 g/mol. The number of carbonyl (C=O) groups excluding carboxylic acids is 2. The summed E-state index contributed by atoms with van der Waals surface area (Å²) in [5, 5.41) is 19.9. The molecule has 1 amide bonds. The number of benzene rings is 2. The summed E-state index contributed by atoms with van der Waals surface area (Å²) in [5.41, 5.74) is -0.169. The topological polar surface area (TPSA) is 133 Å². The number of aromatic nitrogens is 2. The Labute approximate surface area is 204 Å². The lowest BCUT2D eigenvalue weighted by Crippen LogP contribution is -2.25. The van der Waals surface area contributed by atoms with Gasteiger partial charge in [0.1, 0.15) is 5.00 Å². The maximum atomic E-state index is 13.4. The maximum Gasteiger partial charge on any atom is 0.359 e. The van der Waals surface area contributed by atoms with E-state index in [0.717, 1.165) is 20.5 Å². The smallest absolute Gasteiger partial charge is 0.359 e. The molecule has 34 heavy (non-hydrogen) atoms. The van der Waals surface area contributed by atoms with Gasteiger partial charge >= 0.3 is 5.97 Å². The number of nitro groups is 1. The molecule has 172 valence electrons. The quantitative estimate of drug-likeness (QED) is 0.214. The second kappa shape index (κ2) is 9.53. The molecule has 0 saturated carbocycles. The minimum atomic E-state index is -0.704. The molecular formula is C22H15BrN4O6S. The van der Waals surface area contributed by atoms with Crippen molar-refractivity contribution in [3.8, 4) is 5.69 Å². The van der Waals surface area contributed by atoms with Gasteiger partial charge in [-0.05, 0) is 43.3 Å². The Bertz CT molecular complexity index is 1480. The molecule has 2 aromatic carbocycles. The van der Waals surface area contributed by atoms with Crippen LogP contribution in [0.2, 0.25) is 0 Å². The number of ether oxygens (including phenoxy) is 1. The second-order valence-corrected chi connectivity index (χ2v) is 8.67. The third kappa shape index (κ3) is 4.45. The van der Waals surface area contributed by atoms with Crippen LogP contribution in [0.25, 0.3) is 16.5 Å². The molecule has 0 atom stereocenters. The highest BCUT2D eigenvalue weighted by Crippen LogP contribution is 2.31. The Morgan fingerprint density at radius 1 is 1.18 bits per heavy atom. The number of anilines is 1. The van der Waals surface area contributed by atoms with Crippen LogP contribution in [0.4, 0.5) is 10.7 Å². The number of carbonyl (C=O) groups is 2. The second-order valence-electron chi connectivity index (χ2n) is 6.87. The summed E-state index contributed by atoms with van der Waals surface area (Å²) in [5.74, 6) is -1.27. The van der Waals surface area contributed by atoms with E-state index in [4.69, 9.17) is 4.74 Å². The predicted molar refractivity (Wildman–Crippen MR) is 130 cm³/mol. The van der Waals surface area contributed by atoms with E-state index >= 15 is 0 Å². The van der Waals surface area contributed by atoms with Crippen molar-refractivity contribution in [1.82, 2.24) is 9.78 Å². The summed E-state index contributed by atoms with van der Waals surface area (Å²) in [6, 6.07) is 11.8. The van der Waals surface area contributed by atoms with Gasteiger partial charge in [-0.3, -0.25) is 19.7 Å². The van der Waals surface area contributed by atoms with E-state index in [1.165, 1.54) is 24.3 Å². The molecule has 10 nitrogen and oxygen atoms in total. The number of non-ortho nitro benzene ring substituents is 1. The van der Waals surface area contributed by atoms with Gasteiger partial charge in [-0.25, -0.2) is 4.79 Å². The van der Waals surface area contributed by atoms with E-state index in [-0.39, 0.29) is 39.3 Å². The summed E-state index contributed by atoms with van der Waals surface area (Å²) in [7, 11) is 0.